The molecule has 0 radical (unpaired) electrons. The van der Waals surface area contributed by atoms with E-state index in [2.05, 4.69) is 6.92 Å². The largest absolute Gasteiger partial charge is 0.385 e. The lowest BCUT2D eigenvalue weighted by Gasteiger charge is -2.56. The molecule has 114 valence electrons. The predicted molar refractivity (Wildman–Crippen MR) is 77.6 cm³/mol. The summed E-state index contributed by atoms with van der Waals surface area (Å²) in [6.07, 6.45) is 9.54. The molecule has 6 unspecified atom stereocenters. The van der Waals surface area contributed by atoms with Crippen LogP contribution < -0.4 is 0 Å². The summed E-state index contributed by atoms with van der Waals surface area (Å²) >= 11 is 0. The molecule has 3 nitrogen and oxygen atoms in total. The standard InChI is InChI=1S/C18H24O3/c1-17-6-5-13-12(14(17)9-15-16(17)21-15)3-2-10-8-11(19)4-7-18(10,13)20/h8,12-16,20H,2-7,9H2,1H3/t12?,13?,14?,15?,16?,17?,18-/m1/s1. The Hall–Kier alpha value is -0.670. The molecule has 5 aliphatic rings. The highest BCUT2D eigenvalue weighted by molar-refractivity contribution is 5.92. The van der Waals surface area contributed by atoms with Gasteiger partial charge in [-0.15, -0.1) is 0 Å². The molecule has 21 heavy (non-hydrogen) atoms. The number of epoxide rings is 1. The number of carbonyl (C=O) groups is 1. The number of ketones is 1. The van der Waals surface area contributed by atoms with Crippen molar-refractivity contribution < 1.29 is 14.6 Å². The molecule has 0 spiro atoms. The first-order valence-electron chi connectivity index (χ1n) is 8.64. The Balaban J connectivity index is 1.51. The van der Waals surface area contributed by atoms with Gasteiger partial charge in [-0.1, -0.05) is 6.92 Å². The van der Waals surface area contributed by atoms with E-state index in [1.165, 1.54) is 12.8 Å². The molecule has 0 amide bonds. The molecular formula is C18H24O3. The van der Waals surface area contributed by atoms with Crippen LogP contribution in [0.2, 0.25) is 0 Å². The van der Waals surface area contributed by atoms with Gasteiger partial charge in [-0.25, -0.2) is 0 Å². The van der Waals surface area contributed by atoms with Crippen molar-refractivity contribution in [3.63, 3.8) is 0 Å². The second-order valence-corrected chi connectivity index (χ2v) is 8.35. The van der Waals surface area contributed by atoms with Crippen molar-refractivity contribution in [3.05, 3.63) is 11.6 Å². The Bertz CT molecular complexity index is 553. The third-order valence-corrected chi connectivity index (χ3v) is 7.60. The fraction of sp³-hybridized carbons (Fsp3) is 0.833. The first kappa shape index (κ1) is 12.8. The molecule has 4 aliphatic carbocycles. The maximum absolute atomic E-state index is 11.7. The molecule has 0 aromatic heterocycles. The summed E-state index contributed by atoms with van der Waals surface area (Å²) in [6, 6.07) is 0. The summed E-state index contributed by atoms with van der Waals surface area (Å²) in [4.78, 5) is 11.7. The van der Waals surface area contributed by atoms with Gasteiger partial charge in [-0.05, 0) is 73.3 Å². The summed E-state index contributed by atoms with van der Waals surface area (Å²) in [5.74, 6) is 1.95. The second-order valence-electron chi connectivity index (χ2n) is 8.35. The van der Waals surface area contributed by atoms with Crippen molar-refractivity contribution in [2.45, 2.75) is 69.7 Å². The number of rotatable bonds is 0. The number of hydrogen-bond acceptors (Lipinski definition) is 3. The molecule has 1 N–H and O–H groups in total. The van der Waals surface area contributed by atoms with Crippen molar-refractivity contribution in [2.75, 3.05) is 0 Å². The molecule has 7 atom stereocenters. The molecule has 0 aromatic carbocycles. The highest BCUT2D eigenvalue weighted by atomic mass is 16.6. The van der Waals surface area contributed by atoms with E-state index in [0.717, 1.165) is 30.8 Å². The van der Waals surface area contributed by atoms with Crippen LogP contribution >= 0.6 is 0 Å². The lowest BCUT2D eigenvalue weighted by atomic mass is 9.50. The van der Waals surface area contributed by atoms with Gasteiger partial charge in [0.2, 0.25) is 0 Å². The Morgan fingerprint density at radius 2 is 2.10 bits per heavy atom. The summed E-state index contributed by atoms with van der Waals surface area (Å²) in [5, 5.41) is 11.3. The fourth-order valence-corrected chi connectivity index (χ4v) is 6.48. The molecule has 1 heterocycles. The number of hydrogen-bond donors (Lipinski definition) is 1. The third-order valence-electron chi connectivity index (χ3n) is 7.60. The number of aliphatic hydroxyl groups is 1. The lowest BCUT2D eigenvalue weighted by Crippen LogP contribution is -2.55. The van der Waals surface area contributed by atoms with Gasteiger partial charge in [-0.2, -0.15) is 0 Å². The van der Waals surface area contributed by atoms with E-state index in [1.807, 2.05) is 0 Å². The molecule has 0 aromatic rings. The van der Waals surface area contributed by atoms with Crippen molar-refractivity contribution in [1.82, 2.24) is 0 Å². The molecule has 0 bridgehead atoms. The van der Waals surface area contributed by atoms with Gasteiger partial charge in [-0.3, -0.25) is 4.79 Å². The summed E-state index contributed by atoms with van der Waals surface area (Å²) in [5.41, 5.74) is 0.725. The van der Waals surface area contributed by atoms with E-state index in [9.17, 15) is 9.90 Å². The van der Waals surface area contributed by atoms with Crippen molar-refractivity contribution in [1.29, 1.82) is 0 Å². The van der Waals surface area contributed by atoms with Crippen LogP contribution in [0.5, 0.6) is 0 Å². The predicted octanol–water partition coefficient (Wildman–Crippen LogP) is 2.62. The zero-order valence-electron chi connectivity index (χ0n) is 12.7. The highest BCUT2D eigenvalue weighted by Crippen LogP contribution is 2.67. The molecule has 3 heteroatoms. The molecule has 5 rings (SSSR count). The molecule has 1 saturated heterocycles. The van der Waals surface area contributed by atoms with E-state index >= 15 is 0 Å². The minimum absolute atomic E-state index is 0.212. The summed E-state index contributed by atoms with van der Waals surface area (Å²) < 4.78 is 5.83. The Morgan fingerprint density at radius 3 is 2.95 bits per heavy atom. The maximum Gasteiger partial charge on any atom is 0.155 e. The van der Waals surface area contributed by atoms with E-state index in [4.69, 9.17) is 4.74 Å². The second kappa shape index (κ2) is 3.80. The van der Waals surface area contributed by atoms with Crippen LogP contribution in [0.1, 0.15) is 51.9 Å². The fourth-order valence-electron chi connectivity index (χ4n) is 6.48. The molecule has 4 fully saturated rings. The van der Waals surface area contributed by atoms with Gasteiger partial charge in [0.15, 0.2) is 5.78 Å². The van der Waals surface area contributed by atoms with Crippen molar-refractivity contribution >= 4 is 5.78 Å². The van der Waals surface area contributed by atoms with E-state index in [1.54, 1.807) is 6.08 Å². The number of ether oxygens (including phenoxy) is 1. The quantitative estimate of drug-likeness (QED) is 0.697. The Kier molecular flexibility index (Phi) is 2.32. The normalized spacial score (nSPS) is 57.7. The van der Waals surface area contributed by atoms with Crippen LogP contribution in [0, 0.1) is 23.2 Å². The van der Waals surface area contributed by atoms with Crippen molar-refractivity contribution in [2.24, 2.45) is 23.2 Å². The average molecular weight is 288 g/mol. The van der Waals surface area contributed by atoms with Gasteiger partial charge in [0, 0.05) is 6.42 Å². The van der Waals surface area contributed by atoms with Gasteiger partial charge in [0.25, 0.3) is 0 Å². The Morgan fingerprint density at radius 1 is 1.24 bits per heavy atom. The van der Waals surface area contributed by atoms with Crippen LogP contribution in [0.4, 0.5) is 0 Å². The monoisotopic (exact) mass is 288 g/mol. The molecular weight excluding hydrogens is 264 g/mol. The smallest absolute Gasteiger partial charge is 0.155 e. The third kappa shape index (κ3) is 1.49. The maximum atomic E-state index is 11.7. The zero-order valence-corrected chi connectivity index (χ0v) is 12.7. The van der Waals surface area contributed by atoms with E-state index in [0.29, 0.717) is 42.3 Å². The van der Waals surface area contributed by atoms with Gasteiger partial charge < -0.3 is 9.84 Å². The number of carbonyl (C=O) groups excluding carboxylic acids is 1. The highest BCUT2D eigenvalue weighted by Gasteiger charge is 2.68. The van der Waals surface area contributed by atoms with Crippen LogP contribution in [0.25, 0.3) is 0 Å². The summed E-state index contributed by atoms with van der Waals surface area (Å²) in [7, 11) is 0. The Labute approximate surface area is 125 Å². The number of fused-ring (bicyclic) bond motifs is 7. The first-order chi connectivity index (χ1) is 10.0. The van der Waals surface area contributed by atoms with Crippen LogP contribution in [-0.2, 0) is 9.53 Å². The minimum atomic E-state index is -0.675. The lowest BCUT2D eigenvalue weighted by molar-refractivity contribution is -0.128. The molecule has 3 saturated carbocycles. The first-order valence-corrected chi connectivity index (χ1v) is 8.64. The van der Waals surface area contributed by atoms with Gasteiger partial charge in [0.1, 0.15) is 0 Å². The SMILES string of the molecule is CC12CCC3C(CCC4=CC(=O)CC[C@@]43O)C1CC1OC12. The average Bonchev–Trinajstić information content (AvgIpc) is 3.17. The van der Waals surface area contributed by atoms with Gasteiger partial charge in [0.05, 0.1) is 17.8 Å². The van der Waals surface area contributed by atoms with E-state index in [-0.39, 0.29) is 5.78 Å². The zero-order chi connectivity index (χ0) is 14.4. The van der Waals surface area contributed by atoms with Crippen LogP contribution in [0.3, 0.4) is 0 Å². The van der Waals surface area contributed by atoms with Crippen LogP contribution in [0.15, 0.2) is 11.6 Å². The summed E-state index contributed by atoms with van der Waals surface area (Å²) in [6.45, 7) is 2.42. The van der Waals surface area contributed by atoms with Crippen molar-refractivity contribution in [3.8, 4) is 0 Å². The minimum Gasteiger partial charge on any atom is -0.385 e. The van der Waals surface area contributed by atoms with E-state index < -0.39 is 5.60 Å². The topological polar surface area (TPSA) is 49.8 Å². The van der Waals surface area contributed by atoms with Gasteiger partial charge >= 0.3 is 0 Å². The molecule has 1 aliphatic heterocycles. The van der Waals surface area contributed by atoms with Crippen LogP contribution in [-0.4, -0.2) is 28.7 Å².